The first-order chi connectivity index (χ1) is 14.4. The zero-order chi connectivity index (χ0) is 21.4. The maximum atomic E-state index is 13.3. The van der Waals surface area contributed by atoms with Crippen molar-refractivity contribution in [1.82, 2.24) is 19.6 Å². The molecule has 1 aromatic carbocycles. The number of amides is 3. The molecule has 0 radical (unpaired) electrons. The SMILES string of the molecule is CN1CC(OCN)Cn2nc3c(c2C1=O)CN(C(=O)Nc1ccc(F)c(Cl)c1)CC3. The number of likely N-dealkylation sites (N-methyl/N-ethyl adjacent to an activating group) is 1. The Balaban J connectivity index is 1.56. The van der Waals surface area contributed by atoms with E-state index in [1.807, 2.05) is 0 Å². The highest BCUT2D eigenvalue weighted by Gasteiger charge is 2.34. The summed E-state index contributed by atoms with van der Waals surface area (Å²) in [5.74, 6) is -0.723. The number of fused-ring (bicyclic) bond motifs is 3. The van der Waals surface area contributed by atoms with Crippen LogP contribution >= 0.6 is 11.6 Å². The molecule has 160 valence electrons. The van der Waals surface area contributed by atoms with Crippen LogP contribution < -0.4 is 11.1 Å². The van der Waals surface area contributed by atoms with Crippen molar-refractivity contribution in [2.45, 2.75) is 25.6 Å². The Kier molecular flexibility index (Phi) is 5.63. The molecule has 0 spiro atoms. The van der Waals surface area contributed by atoms with Gasteiger partial charge in [-0.3, -0.25) is 9.48 Å². The van der Waals surface area contributed by atoms with Gasteiger partial charge in [0.25, 0.3) is 5.91 Å². The Labute approximate surface area is 177 Å². The molecule has 30 heavy (non-hydrogen) atoms. The zero-order valence-electron chi connectivity index (χ0n) is 16.4. The van der Waals surface area contributed by atoms with Crippen LogP contribution in [-0.2, 0) is 24.2 Å². The molecule has 3 amide bonds. The van der Waals surface area contributed by atoms with Crippen molar-refractivity contribution < 1.29 is 18.7 Å². The molecule has 2 aliphatic heterocycles. The minimum atomic E-state index is -0.556. The first-order valence-electron chi connectivity index (χ1n) is 9.54. The van der Waals surface area contributed by atoms with Gasteiger partial charge in [-0.2, -0.15) is 5.10 Å². The van der Waals surface area contributed by atoms with Crippen molar-refractivity contribution in [1.29, 1.82) is 0 Å². The fraction of sp³-hybridized carbons (Fsp3) is 0.421. The highest BCUT2D eigenvalue weighted by atomic mass is 35.5. The van der Waals surface area contributed by atoms with E-state index in [0.29, 0.717) is 37.4 Å². The number of ether oxygens (including phenoxy) is 1. The highest BCUT2D eigenvalue weighted by Crippen LogP contribution is 2.27. The number of hydrogen-bond acceptors (Lipinski definition) is 5. The van der Waals surface area contributed by atoms with E-state index < -0.39 is 5.82 Å². The number of aromatic nitrogens is 2. The quantitative estimate of drug-likeness (QED) is 0.712. The minimum absolute atomic E-state index is 0.0599. The van der Waals surface area contributed by atoms with E-state index in [0.717, 1.165) is 11.3 Å². The Bertz CT molecular complexity index is 997. The number of nitrogens with zero attached hydrogens (tertiary/aromatic N) is 4. The molecule has 9 nitrogen and oxygen atoms in total. The average Bonchev–Trinajstić information content (AvgIpc) is 3.01. The zero-order valence-corrected chi connectivity index (χ0v) is 17.2. The van der Waals surface area contributed by atoms with Gasteiger partial charge in [-0.05, 0) is 18.2 Å². The molecule has 3 heterocycles. The third kappa shape index (κ3) is 3.85. The van der Waals surface area contributed by atoms with Crippen LogP contribution in [0.25, 0.3) is 0 Å². The summed E-state index contributed by atoms with van der Waals surface area (Å²) < 4.78 is 20.5. The predicted octanol–water partition coefficient (Wildman–Crippen LogP) is 1.65. The van der Waals surface area contributed by atoms with Crippen molar-refractivity contribution in [3.63, 3.8) is 0 Å². The average molecular weight is 437 g/mol. The number of halogens is 2. The van der Waals surface area contributed by atoms with Crippen molar-refractivity contribution >= 4 is 29.2 Å². The summed E-state index contributed by atoms with van der Waals surface area (Å²) in [6.45, 7) is 1.56. The molecule has 3 N–H and O–H groups in total. The molecule has 0 saturated carbocycles. The fourth-order valence-electron chi connectivity index (χ4n) is 3.81. The van der Waals surface area contributed by atoms with Crippen LogP contribution in [-0.4, -0.2) is 64.5 Å². The smallest absolute Gasteiger partial charge is 0.322 e. The molecule has 1 aromatic heterocycles. The summed E-state index contributed by atoms with van der Waals surface area (Å²) in [6, 6.07) is 3.63. The summed E-state index contributed by atoms with van der Waals surface area (Å²) in [5.41, 5.74) is 7.90. The third-order valence-electron chi connectivity index (χ3n) is 5.29. The van der Waals surface area contributed by atoms with Crippen molar-refractivity contribution in [3.8, 4) is 0 Å². The molecular weight excluding hydrogens is 415 g/mol. The summed E-state index contributed by atoms with van der Waals surface area (Å²) in [4.78, 5) is 28.9. The lowest BCUT2D eigenvalue weighted by Gasteiger charge is -2.27. The number of carbonyl (C=O) groups excluding carboxylic acids is 2. The van der Waals surface area contributed by atoms with Gasteiger partial charge in [-0.15, -0.1) is 0 Å². The van der Waals surface area contributed by atoms with Gasteiger partial charge in [0.05, 0.1) is 36.6 Å². The Morgan fingerprint density at radius 1 is 1.43 bits per heavy atom. The molecule has 0 aliphatic carbocycles. The summed E-state index contributed by atoms with van der Waals surface area (Å²) >= 11 is 5.78. The number of benzene rings is 1. The molecule has 2 aliphatic rings. The van der Waals surface area contributed by atoms with Gasteiger partial charge in [0, 0.05) is 37.8 Å². The minimum Gasteiger partial charge on any atom is -0.360 e. The third-order valence-corrected chi connectivity index (χ3v) is 5.58. The van der Waals surface area contributed by atoms with Crippen molar-refractivity contribution in [3.05, 3.63) is 46.0 Å². The molecule has 1 atom stereocenters. The number of nitrogens with one attached hydrogen (secondary N) is 1. The van der Waals surface area contributed by atoms with Gasteiger partial charge in [-0.25, -0.2) is 9.18 Å². The van der Waals surface area contributed by atoms with Crippen molar-refractivity contribution in [2.75, 3.05) is 32.2 Å². The Morgan fingerprint density at radius 3 is 2.97 bits per heavy atom. The molecule has 11 heteroatoms. The molecule has 2 aromatic rings. The van der Waals surface area contributed by atoms with Gasteiger partial charge in [0.15, 0.2) is 0 Å². The second kappa shape index (κ2) is 8.21. The van der Waals surface area contributed by atoms with Crippen LogP contribution in [0, 0.1) is 5.82 Å². The van der Waals surface area contributed by atoms with Gasteiger partial charge < -0.3 is 25.6 Å². The lowest BCUT2D eigenvalue weighted by molar-refractivity contribution is 0.0271. The molecule has 1 unspecified atom stereocenters. The van der Waals surface area contributed by atoms with Crippen LogP contribution in [0.5, 0.6) is 0 Å². The van der Waals surface area contributed by atoms with E-state index in [2.05, 4.69) is 10.4 Å². The van der Waals surface area contributed by atoms with Crippen LogP contribution in [0.2, 0.25) is 5.02 Å². The van der Waals surface area contributed by atoms with Gasteiger partial charge in [0.2, 0.25) is 0 Å². The summed E-state index contributed by atoms with van der Waals surface area (Å²) in [7, 11) is 1.70. The maximum Gasteiger partial charge on any atom is 0.322 e. The van der Waals surface area contributed by atoms with Crippen LogP contribution in [0.15, 0.2) is 18.2 Å². The Morgan fingerprint density at radius 2 is 2.23 bits per heavy atom. The van der Waals surface area contributed by atoms with E-state index in [1.165, 1.54) is 18.2 Å². The van der Waals surface area contributed by atoms with Crippen molar-refractivity contribution in [2.24, 2.45) is 5.73 Å². The number of urea groups is 1. The number of carbonyl (C=O) groups is 2. The van der Waals surface area contributed by atoms with Gasteiger partial charge in [0.1, 0.15) is 11.5 Å². The second-order valence-electron chi connectivity index (χ2n) is 7.33. The maximum absolute atomic E-state index is 13.3. The lowest BCUT2D eigenvalue weighted by atomic mass is 10.0. The molecule has 0 bridgehead atoms. The number of rotatable bonds is 3. The largest absolute Gasteiger partial charge is 0.360 e. The van der Waals surface area contributed by atoms with Gasteiger partial charge in [-0.1, -0.05) is 11.6 Å². The Hall–Kier alpha value is -2.69. The normalized spacial score (nSPS) is 18.7. The van der Waals surface area contributed by atoms with E-state index in [1.54, 1.807) is 21.5 Å². The summed E-state index contributed by atoms with van der Waals surface area (Å²) in [5, 5.41) is 7.25. The van der Waals surface area contributed by atoms with Gasteiger partial charge >= 0.3 is 6.03 Å². The monoisotopic (exact) mass is 436 g/mol. The van der Waals surface area contributed by atoms with E-state index in [9.17, 15) is 14.0 Å². The topological polar surface area (TPSA) is 106 Å². The fourth-order valence-corrected chi connectivity index (χ4v) is 3.99. The predicted molar refractivity (Wildman–Crippen MR) is 108 cm³/mol. The molecule has 0 saturated heterocycles. The van der Waals surface area contributed by atoms with E-state index in [4.69, 9.17) is 22.1 Å². The number of anilines is 1. The summed E-state index contributed by atoms with van der Waals surface area (Å²) in [6.07, 6.45) is 0.265. The van der Waals surface area contributed by atoms with Crippen LogP contribution in [0.4, 0.5) is 14.9 Å². The first kappa shape index (κ1) is 20.6. The van der Waals surface area contributed by atoms with E-state index in [-0.39, 0.29) is 36.3 Å². The first-order valence-corrected chi connectivity index (χ1v) is 9.91. The van der Waals surface area contributed by atoms with Crippen LogP contribution in [0.3, 0.4) is 0 Å². The standard InChI is InChI=1S/C19H22ClFN6O3/c1-25-7-12(30-10-22)8-27-17(18(25)28)13-9-26(5-4-16(13)24-27)19(29)23-11-2-3-15(21)14(20)6-11/h2-3,6,12H,4-5,7-10,22H2,1H3,(H,23,29). The van der Waals surface area contributed by atoms with E-state index >= 15 is 0 Å². The second-order valence-corrected chi connectivity index (χ2v) is 7.73. The number of hydrogen-bond donors (Lipinski definition) is 2. The van der Waals surface area contributed by atoms with Crippen LogP contribution in [0.1, 0.15) is 21.7 Å². The molecule has 4 rings (SSSR count). The number of nitrogens with two attached hydrogens (primary N) is 1. The lowest BCUT2D eigenvalue weighted by Crippen LogP contribution is -2.40. The molecule has 0 fully saturated rings. The molecular formula is C19H22ClFN6O3. The highest BCUT2D eigenvalue weighted by molar-refractivity contribution is 6.31.